The second-order valence-corrected chi connectivity index (χ2v) is 9.56. The van der Waals surface area contributed by atoms with E-state index in [0.717, 1.165) is 27.4 Å². The topological polar surface area (TPSA) is 122 Å². The van der Waals surface area contributed by atoms with Crippen molar-refractivity contribution in [1.82, 2.24) is 4.90 Å². The van der Waals surface area contributed by atoms with E-state index in [1.165, 1.54) is 12.1 Å². The van der Waals surface area contributed by atoms with E-state index in [0.29, 0.717) is 11.3 Å². The van der Waals surface area contributed by atoms with Gasteiger partial charge in [-0.15, -0.1) is 11.3 Å². The lowest BCUT2D eigenvalue weighted by atomic mass is 10.1. The van der Waals surface area contributed by atoms with Crippen LogP contribution in [0.5, 0.6) is 0 Å². The third kappa shape index (κ3) is 5.01. The van der Waals surface area contributed by atoms with Crippen molar-refractivity contribution < 1.29 is 28.7 Å². The Bertz CT molecular complexity index is 1420. The molecule has 0 spiro atoms. The van der Waals surface area contributed by atoms with Gasteiger partial charge in [-0.3, -0.25) is 24.1 Å². The molecule has 1 aromatic heterocycles. The number of anilines is 2. The highest BCUT2D eigenvalue weighted by molar-refractivity contribution is 7.19. The molecule has 9 nitrogen and oxygen atoms in total. The second kappa shape index (κ2) is 10.4. The number of hydrogen-bond donors (Lipinski definition) is 2. The van der Waals surface area contributed by atoms with Crippen molar-refractivity contribution >= 4 is 51.6 Å². The van der Waals surface area contributed by atoms with Gasteiger partial charge in [0.15, 0.2) is 0 Å². The number of ether oxygens (including phenoxy) is 1. The molecule has 0 unspecified atom stereocenters. The number of rotatable bonds is 7. The van der Waals surface area contributed by atoms with Gasteiger partial charge in [0.1, 0.15) is 11.5 Å². The third-order valence-corrected chi connectivity index (χ3v) is 7.10. The van der Waals surface area contributed by atoms with Crippen LogP contribution >= 0.6 is 11.3 Å². The first kappa shape index (κ1) is 25.8. The molecule has 190 valence electrons. The predicted molar refractivity (Wildman–Crippen MR) is 139 cm³/mol. The number of hydrogen-bond acceptors (Lipinski definition) is 7. The Labute approximate surface area is 217 Å². The fourth-order valence-corrected chi connectivity index (χ4v) is 5.20. The van der Waals surface area contributed by atoms with E-state index >= 15 is 0 Å². The summed E-state index contributed by atoms with van der Waals surface area (Å²) < 4.78 is 5.15. The molecule has 0 fully saturated rings. The Hall–Kier alpha value is -4.31. The monoisotopic (exact) mass is 519 g/mol. The molecule has 0 atom stereocenters. The van der Waals surface area contributed by atoms with Gasteiger partial charge in [-0.2, -0.15) is 0 Å². The van der Waals surface area contributed by atoms with Gasteiger partial charge < -0.3 is 15.4 Å². The van der Waals surface area contributed by atoms with Crippen LogP contribution in [0.15, 0.2) is 42.5 Å². The number of amides is 4. The standard InChI is InChI=1S/C27H25N3O6S/c1-5-36-27(35)21-16(4)22(23(32)28-19-11-10-14(2)12-15(19)3)37-24(21)29-20(31)13-30-25(33)17-8-6-7-9-18(17)26(30)34/h6-12H,5,13H2,1-4H3,(H,28,32)(H,29,31). The van der Waals surface area contributed by atoms with Crippen LogP contribution in [0.4, 0.5) is 10.7 Å². The minimum atomic E-state index is -0.696. The number of nitrogens with one attached hydrogen (secondary N) is 2. The summed E-state index contributed by atoms with van der Waals surface area (Å²) in [7, 11) is 0. The molecular formula is C27H25N3O6S. The van der Waals surface area contributed by atoms with Crippen molar-refractivity contribution in [2.75, 3.05) is 23.8 Å². The first-order chi connectivity index (χ1) is 17.6. The lowest BCUT2D eigenvalue weighted by Crippen LogP contribution is -2.37. The summed E-state index contributed by atoms with van der Waals surface area (Å²) in [6.07, 6.45) is 0. The number of carbonyl (C=O) groups is 5. The van der Waals surface area contributed by atoms with Crippen LogP contribution in [0.2, 0.25) is 0 Å². The Morgan fingerprint density at radius 3 is 2.19 bits per heavy atom. The highest BCUT2D eigenvalue weighted by Crippen LogP contribution is 2.35. The quantitative estimate of drug-likeness (QED) is 0.354. The predicted octanol–water partition coefficient (Wildman–Crippen LogP) is 4.34. The van der Waals surface area contributed by atoms with Gasteiger partial charge in [-0.25, -0.2) is 4.79 Å². The molecule has 0 saturated heterocycles. The van der Waals surface area contributed by atoms with Crippen LogP contribution < -0.4 is 10.6 Å². The molecule has 2 N–H and O–H groups in total. The average Bonchev–Trinajstić information content (AvgIpc) is 3.30. The maximum atomic E-state index is 13.1. The van der Waals surface area contributed by atoms with Crippen LogP contribution in [0.3, 0.4) is 0 Å². The van der Waals surface area contributed by atoms with Crippen molar-refractivity contribution in [3.8, 4) is 0 Å². The summed E-state index contributed by atoms with van der Waals surface area (Å²) in [5.74, 6) is -2.98. The minimum Gasteiger partial charge on any atom is -0.462 e. The van der Waals surface area contributed by atoms with Gasteiger partial charge in [0.2, 0.25) is 5.91 Å². The molecule has 2 aromatic carbocycles. The van der Waals surface area contributed by atoms with E-state index in [4.69, 9.17) is 4.74 Å². The molecule has 0 radical (unpaired) electrons. The fraction of sp³-hybridized carbons (Fsp3) is 0.222. The van der Waals surface area contributed by atoms with Crippen molar-refractivity contribution in [2.24, 2.45) is 0 Å². The molecule has 2 heterocycles. The van der Waals surface area contributed by atoms with Crippen LogP contribution in [-0.4, -0.2) is 47.6 Å². The lowest BCUT2D eigenvalue weighted by molar-refractivity contribution is -0.116. The molecule has 1 aliphatic heterocycles. The van der Waals surface area contributed by atoms with Gasteiger partial charge in [0, 0.05) is 5.69 Å². The number of nitrogens with zero attached hydrogens (tertiary/aromatic N) is 1. The van der Waals surface area contributed by atoms with Gasteiger partial charge in [-0.05, 0) is 57.0 Å². The summed E-state index contributed by atoms with van der Waals surface area (Å²) >= 11 is 0.919. The van der Waals surface area contributed by atoms with E-state index in [1.54, 1.807) is 32.0 Å². The maximum absolute atomic E-state index is 13.1. The zero-order valence-electron chi connectivity index (χ0n) is 20.8. The van der Waals surface area contributed by atoms with E-state index in [2.05, 4.69) is 10.6 Å². The molecular weight excluding hydrogens is 494 g/mol. The zero-order valence-corrected chi connectivity index (χ0v) is 21.6. The summed E-state index contributed by atoms with van der Waals surface area (Å²) in [6, 6.07) is 11.9. The van der Waals surface area contributed by atoms with Crippen molar-refractivity contribution in [3.05, 3.63) is 80.7 Å². The largest absolute Gasteiger partial charge is 0.462 e. The lowest BCUT2D eigenvalue weighted by Gasteiger charge is -2.13. The summed E-state index contributed by atoms with van der Waals surface area (Å²) in [6.45, 7) is 6.62. The number of carbonyl (C=O) groups excluding carboxylic acids is 5. The van der Waals surface area contributed by atoms with Crippen LogP contribution in [0.1, 0.15) is 64.4 Å². The van der Waals surface area contributed by atoms with E-state index in [-0.39, 0.29) is 33.2 Å². The summed E-state index contributed by atoms with van der Waals surface area (Å²) in [5.41, 5.74) is 3.40. The van der Waals surface area contributed by atoms with E-state index in [9.17, 15) is 24.0 Å². The number of esters is 1. The minimum absolute atomic E-state index is 0.0494. The van der Waals surface area contributed by atoms with Crippen LogP contribution in [-0.2, 0) is 9.53 Å². The molecule has 3 aromatic rings. The van der Waals surface area contributed by atoms with Crippen molar-refractivity contribution in [3.63, 3.8) is 0 Å². The SMILES string of the molecule is CCOC(=O)c1c(NC(=O)CN2C(=O)c3ccccc3C2=O)sc(C(=O)Nc2ccc(C)cc2C)c1C. The zero-order chi connectivity index (χ0) is 26.9. The number of thiophene rings is 1. The van der Waals surface area contributed by atoms with Crippen LogP contribution in [0.25, 0.3) is 0 Å². The molecule has 0 saturated carbocycles. The first-order valence-electron chi connectivity index (χ1n) is 11.6. The number of benzene rings is 2. The Morgan fingerprint density at radius 1 is 0.946 bits per heavy atom. The summed E-state index contributed by atoms with van der Waals surface area (Å²) in [5, 5.41) is 5.55. The second-order valence-electron chi connectivity index (χ2n) is 8.54. The Morgan fingerprint density at radius 2 is 1.59 bits per heavy atom. The van der Waals surface area contributed by atoms with Crippen LogP contribution in [0, 0.1) is 20.8 Å². The number of fused-ring (bicyclic) bond motifs is 1. The van der Waals surface area contributed by atoms with Gasteiger partial charge in [0.05, 0.1) is 28.2 Å². The highest BCUT2D eigenvalue weighted by Gasteiger charge is 2.36. The fourth-order valence-electron chi connectivity index (χ4n) is 4.09. The van der Waals surface area contributed by atoms with Crippen molar-refractivity contribution in [2.45, 2.75) is 27.7 Å². The average molecular weight is 520 g/mol. The Kier molecular flexibility index (Phi) is 7.21. The normalized spacial score (nSPS) is 12.4. The van der Waals surface area contributed by atoms with Gasteiger partial charge >= 0.3 is 5.97 Å². The van der Waals surface area contributed by atoms with E-state index in [1.807, 2.05) is 26.0 Å². The third-order valence-electron chi connectivity index (χ3n) is 5.90. The van der Waals surface area contributed by atoms with E-state index < -0.39 is 36.1 Å². The first-order valence-corrected chi connectivity index (χ1v) is 12.4. The molecule has 0 bridgehead atoms. The molecule has 1 aliphatic rings. The maximum Gasteiger partial charge on any atom is 0.341 e. The summed E-state index contributed by atoms with van der Waals surface area (Å²) in [4.78, 5) is 65.1. The Balaban J connectivity index is 1.59. The smallest absolute Gasteiger partial charge is 0.341 e. The molecule has 4 rings (SSSR count). The highest BCUT2D eigenvalue weighted by atomic mass is 32.1. The number of aryl methyl sites for hydroxylation is 2. The molecule has 37 heavy (non-hydrogen) atoms. The molecule has 0 aliphatic carbocycles. The van der Waals surface area contributed by atoms with Gasteiger partial charge in [0.25, 0.3) is 17.7 Å². The van der Waals surface area contributed by atoms with Crippen molar-refractivity contribution in [1.29, 1.82) is 0 Å². The molecule has 4 amide bonds. The number of imide groups is 1. The molecule has 10 heteroatoms. The van der Waals surface area contributed by atoms with Gasteiger partial charge in [-0.1, -0.05) is 29.8 Å².